The second-order valence-electron chi connectivity index (χ2n) is 6.08. The standard InChI is InChI=1S/C21H24N2O2/c1-5-15-11-12-18-16(13-15)14(3)20(23(18)6-2)21(24)22-17-9-7-8-10-19(17)25-4/h7-13H,5-6H2,1-4H3,(H,22,24). The first-order valence-electron chi connectivity index (χ1n) is 8.66. The third kappa shape index (κ3) is 3.00. The molecule has 0 unspecified atom stereocenters. The van der Waals surface area contributed by atoms with Gasteiger partial charge < -0.3 is 14.6 Å². The number of hydrogen-bond donors (Lipinski definition) is 1. The molecule has 130 valence electrons. The van der Waals surface area contributed by atoms with E-state index in [2.05, 4.69) is 41.9 Å². The Morgan fingerprint density at radius 1 is 1.16 bits per heavy atom. The summed E-state index contributed by atoms with van der Waals surface area (Å²) >= 11 is 0. The molecular weight excluding hydrogens is 312 g/mol. The van der Waals surface area contributed by atoms with Gasteiger partial charge in [0.15, 0.2) is 0 Å². The Morgan fingerprint density at radius 3 is 2.60 bits per heavy atom. The Balaban J connectivity index is 2.08. The van der Waals surface area contributed by atoms with Crippen molar-refractivity contribution < 1.29 is 9.53 Å². The molecule has 3 aromatic rings. The molecule has 1 N–H and O–H groups in total. The van der Waals surface area contributed by atoms with E-state index >= 15 is 0 Å². The molecule has 0 radical (unpaired) electrons. The number of fused-ring (bicyclic) bond motifs is 1. The predicted octanol–water partition coefficient (Wildman–Crippen LogP) is 4.79. The Bertz CT molecular complexity index is 925. The highest BCUT2D eigenvalue weighted by atomic mass is 16.5. The van der Waals surface area contributed by atoms with Crippen LogP contribution in [0.1, 0.15) is 35.5 Å². The summed E-state index contributed by atoms with van der Waals surface area (Å²) in [7, 11) is 1.60. The second-order valence-corrected chi connectivity index (χ2v) is 6.08. The van der Waals surface area contributed by atoms with Gasteiger partial charge in [0.25, 0.3) is 5.91 Å². The lowest BCUT2D eigenvalue weighted by molar-refractivity contribution is 0.101. The summed E-state index contributed by atoms with van der Waals surface area (Å²) < 4.78 is 7.41. The molecule has 0 aliphatic rings. The van der Waals surface area contributed by atoms with Crippen molar-refractivity contribution in [1.29, 1.82) is 0 Å². The fourth-order valence-electron chi connectivity index (χ4n) is 3.34. The van der Waals surface area contributed by atoms with Crippen molar-refractivity contribution in [2.45, 2.75) is 33.7 Å². The van der Waals surface area contributed by atoms with Gasteiger partial charge in [-0.25, -0.2) is 0 Å². The summed E-state index contributed by atoms with van der Waals surface area (Å²) in [6.45, 7) is 6.96. The maximum atomic E-state index is 13.0. The minimum Gasteiger partial charge on any atom is -0.495 e. The van der Waals surface area contributed by atoms with Crippen LogP contribution in [0.25, 0.3) is 10.9 Å². The number of nitrogens with zero attached hydrogens (tertiary/aromatic N) is 1. The van der Waals surface area contributed by atoms with Gasteiger partial charge in [-0.15, -0.1) is 0 Å². The third-order valence-corrected chi connectivity index (χ3v) is 4.68. The lowest BCUT2D eigenvalue weighted by Crippen LogP contribution is -2.18. The molecule has 0 saturated heterocycles. The van der Waals surface area contributed by atoms with Gasteiger partial charge in [-0.3, -0.25) is 4.79 Å². The normalized spacial score (nSPS) is 10.9. The minimum absolute atomic E-state index is 0.113. The molecule has 4 heteroatoms. The zero-order chi connectivity index (χ0) is 18.0. The first-order chi connectivity index (χ1) is 12.1. The summed E-state index contributed by atoms with van der Waals surface area (Å²) in [5.74, 6) is 0.541. The Morgan fingerprint density at radius 2 is 1.92 bits per heavy atom. The second kappa shape index (κ2) is 7.01. The van der Waals surface area contributed by atoms with E-state index < -0.39 is 0 Å². The van der Waals surface area contributed by atoms with Crippen molar-refractivity contribution in [2.24, 2.45) is 0 Å². The summed E-state index contributed by atoms with van der Waals surface area (Å²) in [5, 5.41) is 4.14. The lowest BCUT2D eigenvalue weighted by atomic mass is 10.1. The zero-order valence-corrected chi connectivity index (χ0v) is 15.2. The van der Waals surface area contributed by atoms with Crippen LogP contribution in [0.2, 0.25) is 0 Å². The maximum Gasteiger partial charge on any atom is 0.272 e. The zero-order valence-electron chi connectivity index (χ0n) is 15.2. The molecule has 0 aliphatic carbocycles. The van der Waals surface area contributed by atoms with Crippen LogP contribution in [0.3, 0.4) is 0 Å². The number of rotatable bonds is 5. The van der Waals surface area contributed by atoms with E-state index in [1.165, 1.54) is 5.56 Å². The van der Waals surface area contributed by atoms with Gasteiger partial charge >= 0.3 is 0 Å². The number of methoxy groups -OCH3 is 1. The number of nitrogens with one attached hydrogen (secondary N) is 1. The number of benzene rings is 2. The quantitative estimate of drug-likeness (QED) is 0.728. The topological polar surface area (TPSA) is 43.3 Å². The van der Waals surface area contributed by atoms with E-state index in [1.807, 2.05) is 31.2 Å². The molecule has 25 heavy (non-hydrogen) atoms. The average molecular weight is 336 g/mol. The van der Waals surface area contributed by atoms with Crippen LogP contribution >= 0.6 is 0 Å². The smallest absolute Gasteiger partial charge is 0.272 e. The minimum atomic E-state index is -0.113. The predicted molar refractivity (Wildman–Crippen MR) is 103 cm³/mol. The van der Waals surface area contributed by atoms with Crippen molar-refractivity contribution in [3.05, 3.63) is 59.3 Å². The molecule has 0 spiro atoms. The molecule has 4 nitrogen and oxygen atoms in total. The number of hydrogen-bond acceptors (Lipinski definition) is 2. The first kappa shape index (κ1) is 17.1. The number of aryl methyl sites for hydroxylation is 3. The first-order valence-corrected chi connectivity index (χ1v) is 8.66. The highest BCUT2D eigenvalue weighted by Crippen LogP contribution is 2.29. The molecule has 1 aromatic heterocycles. The van der Waals surface area contributed by atoms with E-state index in [0.717, 1.165) is 29.4 Å². The van der Waals surface area contributed by atoms with Crippen molar-refractivity contribution in [3.63, 3.8) is 0 Å². The van der Waals surface area contributed by atoms with Gasteiger partial charge in [-0.1, -0.05) is 25.1 Å². The Hall–Kier alpha value is -2.75. The van der Waals surface area contributed by atoms with E-state index in [0.29, 0.717) is 17.1 Å². The lowest BCUT2D eigenvalue weighted by Gasteiger charge is -2.12. The van der Waals surface area contributed by atoms with Gasteiger partial charge in [0.05, 0.1) is 12.8 Å². The number of carbonyl (C=O) groups excluding carboxylic acids is 1. The summed E-state index contributed by atoms with van der Waals surface area (Å²) in [5.41, 5.74) is 4.77. The molecule has 1 amide bonds. The van der Waals surface area contributed by atoms with Gasteiger partial charge in [0.1, 0.15) is 11.4 Å². The van der Waals surface area contributed by atoms with Crippen molar-refractivity contribution in [1.82, 2.24) is 4.57 Å². The van der Waals surface area contributed by atoms with Crippen molar-refractivity contribution in [3.8, 4) is 5.75 Å². The largest absolute Gasteiger partial charge is 0.495 e. The summed E-state index contributed by atoms with van der Waals surface area (Å²) in [6.07, 6.45) is 0.982. The van der Waals surface area contributed by atoms with Crippen LogP contribution in [-0.4, -0.2) is 17.6 Å². The van der Waals surface area contributed by atoms with Crippen LogP contribution in [0.4, 0.5) is 5.69 Å². The van der Waals surface area contributed by atoms with Gasteiger partial charge in [-0.2, -0.15) is 0 Å². The molecule has 0 saturated carbocycles. The molecule has 0 atom stereocenters. The van der Waals surface area contributed by atoms with Crippen LogP contribution in [-0.2, 0) is 13.0 Å². The average Bonchev–Trinajstić information content (AvgIpc) is 2.93. The summed E-state index contributed by atoms with van der Waals surface area (Å²) in [6, 6.07) is 13.9. The fourth-order valence-corrected chi connectivity index (χ4v) is 3.34. The third-order valence-electron chi connectivity index (χ3n) is 4.68. The maximum absolute atomic E-state index is 13.0. The van der Waals surface area contributed by atoms with Crippen LogP contribution < -0.4 is 10.1 Å². The molecule has 0 bridgehead atoms. The number of anilines is 1. The Kier molecular flexibility index (Phi) is 4.79. The van der Waals surface area contributed by atoms with E-state index in [-0.39, 0.29) is 5.91 Å². The SMILES string of the molecule is CCc1ccc2c(c1)c(C)c(C(=O)Nc1ccccc1OC)n2CC. The number of aromatic nitrogens is 1. The number of para-hydroxylation sites is 2. The Labute approximate surface area is 148 Å². The fraction of sp³-hybridized carbons (Fsp3) is 0.286. The molecule has 2 aromatic carbocycles. The van der Waals surface area contributed by atoms with E-state index in [4.69, 9.17) is 4.74 Å². The molecule has 3 rings (SSSR count). The molecular formula is C21H24N2O2. The molecule has 1 heterocycles. The van der Waals surface area contributed by atoms with E-state index in [9.17, 15) is 4.79 Å². The van der Waals surface area contributed by atoms with Crippen LogP contribution in [0.15, 0.2) is 42.5 Å². The van der Waals surface area contributed by atoms with Crippen LogP contribution in [0.5, 0.6) is 5.75 Å². The van der Waals surface area contributed by atoms with Crippen molar-refractivity contribution >= 4 is 22.5 Å². The highest BCUT2D eigenvalue weighted by molar-refractivity contribution is 6.09. The van der Waals surface area contributed by atoms with Gasteiger partial charge in [0.2, 0.25) is 0 Å². The van der Waals surface area contributed by atoms with Gasteiger partial charge in [0, 0.05) is 17.4 Å². The van der Waals surface area contributed by atoms with Gasteiger partial charge in [-0.05, 0) is 55.7 Å². The van der Waals surface area contributed by atoms with Crippen LogP contribution in [0, 0.1) is 6.92 Å². The molecule has 0 aliphatic heterocycles. The van der Waals surface area contributed by atoms with Crippen molar-refractivity contribution in [2.75, 3.05) is 12.4 Å². The molecule has 0 fully saturated rings. The summed E-state index contributed by atoms with van der Waals surface area (Å²) in [4.78, 5) is 13.0. The number of amides is 1. The highest BCUT2D eigenvalue weighted by Gasteiger charge is 2.20. The van der Waals surface area contributed by atoms with E-state index in [1.54, 1.807) is 7.11 Å². The number of carbonyl (C=O) groups is 1. The monoisotopic (exact) mass is 336 g/mol. The number of ether oxygens (including phenoxy) is 1.